The van der Waals surface area contributed by atoms with Crippen LogP contribution < -0.4 is 4.74 Å². The average Bonchev–Trinajstić information content (AvgIpc) is 3.33. The average molecular weight is 459 g/mol. The monoisotopic (exact) mass is 458 g/mol. The van der Waals surface area contributed by atoms with E-state index >= 15 is 0 Å². The van der Waals surface area contributed by atoms with Crippen LogP contribution in [0, 0.1) is 0 Å². The third-order valence-electron chi connectivity index (χ3n) is 4.55. The van der Waals surface area contributed by atoms with Crippen molar-refractivity contribution in [3.05, 3.63) is 76.3 Å². The topological polar surface area (TPSA) is 45.5 Å². The predicted molar refractivity (Wildman–Crippen MR) is 104 cm³/mol. The molecule has 4 rings (SSSR count). The molecule has 0 saturated carbocycles. The van der Waals surface area contributed by atoms with Gasteiger partial charge in [0, 0.05) is 10.6 Å². The van der Waals surface area contributed by atoms with Crippen molar-refractivity contribution >= 4 is 23.2 Å². The van der Waals surface area contributed by atoms with Crippen LogP contribution in [0.1, 0.15) is 11.1 Å². The van der Waals surface area contributed by atoms with Gasteiger partial charge in [0.25, 0.3) is 0 Å². The number of hydrogen-bond donors (Lipinski definition) is 0. The van der Waals surface area contributed by atoms with Crippen LogP contribution in [0.4, 0.5) is 13.2 Å². The molecule has 1 aliphatic heterocycles. The van der Waals surface area contributed by atoms with E-state index in [4.69, 9.17) is 37.4 Å². The molecule has 0 amide bonds. The molecule has 0 bridgehead atoms. The lowest BCUT2D eigenvalue weighted by atomic mass is 9.98. The number of rotatable bonds is 5. The minimum Gasteiger partial charge on any atom is -0.457 e. The minimum absolute atomic E-state index is 0.0159. The van der Waals surface area contributed by atoms with E-state index in [-0.39, 0.29) is 36.2 Å². The van der Waals surface area contributed by atoms with E-state index in [0.717, 1.165) is 6.07 Å². The van der Waals surface area contributed by atoms with E-state index in [0.29, 0.717) is 10.8 Å². The van der Waals surface area contributed by atoms with Crippen LogP contribution in [0.5, 0.6) is 11.5 Å². The largest absolute Gasteiger partial charge is 0.457 e. The lowest BCUT2D eigenvalue weighted by Gasteiger charge is -2.31. The van der Waals surface area contributed by atoms with Gasteiger partial charge in [0.05, 0.1) is 37.8 Å². The standard InChI is InChI=1S/C20H15Cl2F3N2O3/c21-13-1-3-14(4-2-13)30-15-5-6-16(17(9-15)20(23,24)25)19(28-7-8-29-19)11-27-12-26-10-18(27)22/h1-6,9-10,12H,7-8,11H2. The van der Waals surface area contributed by atoms with Gasteiger partial charge in [-0.3, -0.25) is 0 Å². The molecule has 0 aliphatic carbocycles. The summed E-state index contributed by atoms with van der Waals surface area (Å²) in [5.74, 6) is -1.29. The van der Waals surface area contributed by atoms with Gasteiger partial charge >= 0.3 is 6.18 Å². The van der Waals surface area contributed by atoms with Crippen molar-refractivity contribution in [1.82, 2.24) is 9.55 Å². The molecule has 10 heteroatoms. The Kier molecular flexibility index (Phi) is 5.67. The summed E-state index contributed by atoms with van der Waals surface area (Å²) in [5, 5.41) is 0.744. The molecule has 1 aliphatic rings. The van der Waals surface area contributed by atoms with Crippen molar-refractivity contribution in [3.8, 4) is 11.5 Å². The van der Waals surface area contributed by atoms with Crippen LogP contribution in [0.25, 0.3) is 0 Å². The highest BCUT2D eigenvalue weighted by Crippen LogP contribution is 2.44. The highest BCUT2D eigenvalue weighted by Gasteiger charge is 2.46. The molecule has 3 aromatic rings. The van der Waals surface area contributed by atoms with Crippen molar-refractivity contribution in [3.63, 3.8) is 0 Å². The number of alkyl halides is 3. The van der Waals surface area contributed by atoms with Crippen molar-refractivity contribution < 1.29 is 27.4 Å². The van der Waals surface area contributed by atoms with Crippen LogP contribution in [0.2, 0.25) is 10.2 Å². The number of nitrogens with zero attached hydrogens (tertiary/aromatic N) is 2. The van der Waals surface area contributed by atoms with Crippen LogP contribution in [-0.4, -0.2) is 22.8 Å². The summed E-state index contributed by atoms with van der Waals surface area (Å²) in [6.45, 7) is 0.200. The van der Waals surface area contributed by atoms with Crippen molar-refractivity contribution in [2.75, 3.05) is 13.2 Å². The van der Waals surface area contributed by atoms with E-state index in [1.807, 2.05) is 0 Å². The second-order valence-electron chi connectivity index (χ2n) is 6.56. The number of halogens is 5. The summed E-state index contributed by atoms with van der Waals surface area (Å²) in [5.41, 5.74) is -1.09. The molecule has 5 nitrogen and oxygen atoms in total. The fourth-order valence-corrected chi connectivity index (χ4v) is 3.51. The molecule has 2 heterocycles. The highest BCUT2D eigenvalue weighted by molar-refractivity contribution is 6.30. The molecule has 30 heavy (non-hydrogen) atoms. The van der Waals surface area contributed by atoms with Gasteiger partial charge in [0.1, 0.15) is 16.7 Å². The van der Waals surface area contributed by atoms with Crippen molar-refractivity contribution in [1.29, 1.82) is 0 Å². The second-order valence-corrected chi connectivity index (χ2v) is 7.38. The van der Waals surface area contributed by atoms with Gasteiger partial charge in [-0.1, -0.05) is 23.2 Å². The van der Waals surface area contributed by atoms with Gasteiger partial charge in [-0.15, -0.1) is 0 Å². The minimum atomic E-state index is -4.67. The van der Waals surface area contributed by atoms with Gasteiger partial charge in [-0.05, 0) is 42.5 Å². The molecule has 1 aromatic heterocycles. The summed E-state index contributed by atoms with van der Waals surface area (Å²) in [6.07, 6.45) is -1.88. The van der Waals surface area contributed by atoms with Crippen LogP contribution in [0.15, 0.2) is 55.0 Å². The van der Waals surface area contributed by atoms with Gasteiger partial charge < -0.3 is 18.8 Å². The van der Waals surface area contributed by atoms with Crippen molar-refractivity contribution in [2.45, 2.75) is 18.5 Å². The Morgan fingerprint density at radius 1 is 1.03 bits per heavy atom. The fourth-order valence-electron chi connectivity index (χ4n) is 3.22. The molecule has 0 radical (unpaired) electrons. The molecule has 0 atom stereocenters. The molecule has 0 N–H and O–H groups in total. The second kappa shape index (κ2) is 8.11. The lowest BCUT2D eigenvalue weighted by Crippen LogP contribution is -2.35. The number of aromatic nitrogens is 2. The molecular formula is C20H15Cl2F3N2O3. The Bertz CT molecular complexity index is 1030. The number of ether oxygens (including phenoxy) is 3. The Hall–Kier alpha value is -2.26. The summed E-state index contributed by atoms with van der Waals surface area (Å²) < 4.78 is 60.3. The van der Waals surface area contributed by atoms with E-state index < -0.39 is 17.5 Å². The molecule has 158 valence electrons. The maximum absolute atomic E-state index is 14.0. The van der Waals surface area contributed by atoms with Crippen LogP contribution in [-0.2, 0) is 28.0 Å². The quantitative estimate of drug-likeness (QED) is 0.477. The first kappa shape index (κ1) is 21.0. The Balaban J connectivity index is 1.74. The first-order valence-corrected chi connectivity index (χ1v) is 9.61. The third-order valence-corrected chi connectivity index (χ3v) is 5.12. The van der Waals surface area contributed by atoms with E-state index in [9.17, 15) is 13.2 Å². The van der Waals surface area contributed by atoms with E-state index in [1.54, 1.807) is 24.3 Å². The SMILES string of the molecule is FC(F)(F)c1cc(Oc2ccc(Cl)cc2)ccc1C1(Cn2cncc2Cl)OCCO1. The zero-order valence-electron chi connectivity index (χ0n) is 15.3. The molecule has 0 spiro atoms. The predicted octanol–water partition coefficient (Wildman–Crippen LogP) is 5.90. The summed E-state index contributed by atoms with van der Waals surface area (Å²) >= 11 is 11.9. The smallest absolute Gasteiger partial charge is 0.417 e. The van der Waals surface area contributed by atoms with Gasteiger partial charge in [-0.2, -0.15) is 13.2 Å². The van der Waals surface area contributed by atoms with Crippen LogP contribution >= 0.6 is 23.2 Å². The number of benzene rings is 2. The van der Waals surface area contributed by atoms with Crippen molar-refractivity contribution in [2.24, 2.45) is 0 Å². The molecule has 2 aromatic carbocycles. The molecule has 1 saturated heterocycles. The fraction of sp³-hybridized carbons (Fsp3) is 0.250. The lowest BCUT2D eigenvalue weighted by molar-refractivity contribution is -0.186. The third kappa shape index (κ3) is 4.27. The molecule has 1 fully saturated rings. The highest BCUT2D eigenvalue weighted by atomic mass is 35.5. The maximum atomic E-state index is 14.0. The zero-order valence-corrected chi connectivity index (χ0v) is 16.8. The maximum Gasteiger partial charge on any atom is 0.417 e. The normalized spacial score (nSPS) is 16.0. The Labute approximate surface area is 179 Å². The first-order valence-electron chi connectivity index (χ1n) is 8.85. The molecule has 0 unspecified atom stereocenters. The zero-order chi connectivity index (χ0) is 21.4. The van der Waals surface area contributed by atoms with Crippen LogP contribution in [0.3, 0.4) is 0 Å². The number of hydrogen-bond acceptors (Lipinski definition) is 4. The van der Waals surface area contributed by atoms with E-state index in [1.165, 1.54) is 29.2 Å². The first-order chi connectivity index (χ1) is 14.3. The summed E-state index contributed by atoms with van der Waals surface area (Å²) in [6, 6.07) is 9.95. The van der Waals surface area contributed by atoms with E-state index in [2.05, 4.69) is 4.98 Å². The molecular weight excluding hydrogens is 444 g/mol. The summed E-state index contributed by atoms with van der Waals surface area (Å²) in [4.78, 5) is 3.90. The summed E-state index contributed by atoms with van der Waals surface area (Å²) in [7, 11) is 0. The van der Waals surface area contributed by atoms with Gasteiger partial charge in [0.2, 0.25) is 5.79 Å². The Morgan fingerprint density at radius 3 is 2.30 bits per heavy atom. The van der Waals surface area contributed by atoms with Gasteiger partial charge in [-0.25, -0.2) is 4.98 Å². The van der Waals surface area contributed by atoms with Gasteiger partial charge in [0.15, 0.2) is 0 Å². The Morgan fingerprint density at radius 2 is 1.70 bits per heavy atom. The number of imidazole rings is 1.